The fourth-order valence-corrected chi connectivity index (χ4v) is 0.705. The topological polar surface area (TPSA) is 63.0 Å². The predicted octanol–water partition coefficient (Wildman–Crippen LogP) is -0.516. The molecule has 4 N–H and O–H groups in total. The Morgan fingerprint density at radius 3 is 2.10 bits per heavy atom. The maximum Gasteiger partial charge on any atom is 0.113 e. The molecule has 4 heteroatoms. The van der Waals surface area contributed by atoms with Crippen molar-refractivity contribution in [3.05, 3.63) is 29.3 Å². The average Bonchev–Trinajstić information content (AvgIpc) is 1.64. The van der Waals surface area contributed by atoms with Gasteiger partial charge in [-0.1, -0.05) is 35.3 Å². The predicted molar refractivity (Wildman–Crippen MR) is 44.1 cm³/mol. The SMILES string of the molecule is O.O.[B]c1cccc(Cl)c1. The monoisotopic (exact) mass is 158 g/mol. The maximum absolute atomic E-state index is 5.56. The van der Waals surface area contributed by atoms with Gasteiger partial charge < -0.3 is 11.0 Å². The molecule has 0 heterocycles. The number of hydrogen-bond donors (Lipinski definition) is 0. The molecule has 1 aromatic rings. The van der Waals surface area contributed by atoms with E-state index in [1.807, 2.05) is 6.07 Å². The zero-order valence-corrected chi connectivity index (χ0v) is 6.02. The lowest BCUT2D eigenvalue weighted by atomic mass is 9.97. The van der Waals surface area contributed by atoms with Gasteiger partial charge in [0.15, 0.2) is 0 Å². The molecule has 0 spiro atoms. The molecule has 0 saturated heterocycles. The minimum atomic E-state index is 0. The molecule has 54 valence electrons. The molecule has 10 heavy (non-hydrogen) atoms. The molecule has 0 bridgehead atoms. The van der Waals surface area contributed by atoms with Crippen molar-refractivity contribution in [1.29, 1.82) is 0 Å². The van der Waals surface area contributed by atoms with E-state index >= 15 is 0 Å². The van der Waals surface area contributed by atoms with Gasteiger partial charge >= 0.3 is 0 Å². The van der Waals surface area contributed by atoms with E-state index in [9.17, 15) is 0 Å². The van der Waals surface area contributed by atoms with Gasteiger partial charge in [0.1, 0.15) is 7.85 Å². The lowest BCUT2D eigenvalue weighted by molar-refractivity contribution is 0.823. The van der Waals surface area contributed by atoms with Crippen molar-refractivity contribution in [2.24, 2.45) is 0 Å². The Kier molecular flexibility index (Phi) is 6.46. The third kappa shape index (κ3) is 3.51. The van der Waals surface area contributed by atoms with Gasteiger partial charge in [0.05, 0.1) is 0 Å². The number of halogens is 1. The van der Waals surface area contributed by atoms with E-state index in [-0.39, 0.29) is 11.0 Å². The van der Waals surface area contributed by atoms with Crippen LogP contribution < -0.4 is 5.46 Å². The molecule has 1 rings (SSSR count). The largest absolute Gasteiger partial charge is 0.412 e. The van der Waals surface area contributed by atoms with Crippen LogP contribution in [0.5, 0.6) is 0 Å². The Bertz CT molecular complexity index is 176. The molecule has 0 unspecified atom stereocenters. The van der Waals surface area contributed by atoms with E-state index < -0.39 is 0 Å². The molecule has 0 aliphatic carbocycles. The quantitative estimate of drug-likeness (QED) is 0.456. The standard InChI is InChI=1S/C6H4BCl.2H2O/c7-5-2-1-3-6(8)4-5;;/h1-4H;2*1H2. The maximum atomic E-state index is 5.56. The molecular formula is C6H8BClO2. The van der Waals surface area contributed by atoms with Gasteiger partial charge in [-0.2, -0.15) is 0 Å². The highest BCUT2D eigenvalue weighted by Gasteiger charge is 1.82. The van der Waals surface area contributed by atoms with Crippen LogP contribution >= 0.6 is 11.6 Å². The second-order valence-corrected chi connectivity index (χ2v) is 1.99. The Balaban J connectivity index is 0. The van der Waals surface area contributed by atoms with Gasteiger partial charge in [-0.3, -0.25) is 0 Å². The first-order chi connectivity index (χ1) is 3.79. The van der Waals surface area contributed by atoms with Crippen LogP contribution in [0.1, 0.15) is 0 Å². The van der Waals surface area contributed by atoms with E-state index in [0.717, 1.165) is 0 Å². The third-order valence-corrected chi connectivity index (χ3v) is 1.08. The van der Waals surface area contributed by atoms with E-state index in [1.54, 1.807) is 18.2 Å². The molecule has 0 aliphatic heterocycles. The van der Waals surface area contributed by atoms with Gasteiger partial charge in [-0.05, 0) is 6.07 Å². The highest BCUT2D eigenvalue weighted by Crippen LogP contribution is 2.01. The van der Waals surface area contributed by atoms with Crippen LogP contribution in [0.3, 0.4) is 0 Å². The Labute approximate surface area is 65.8 Å². The molecule has 0 amide bonds. The lowest BCUT2D eigenvalue weighted by Gasteiger charge is -1.89. The fourth-order valence-electron chi connectivity index (χ4n) is 0.507. The zero-order chi connectivity index (χ0) is 5.98. The fraction of sp³-hybridized carbons (Fsp3) is 0. The molecule has 0 atom stereocenters. The van der Waals surface area contributed by atoms with Crippen LogP contribution in [-0.4, -0.2) is 18.8 Å². The Hall–Kier alpha value is -0.505. The van der Waals surface area contributed by atoms with Crippen molar-refractivity contribution >= 4 is 24.9 Å². The summed E-state index contributed by atoms with van der Waals surface area (Å²) in [5.74, 6) is 0. The summed E-state index contributed by atoms with van der Waals surface area (Å²) in [5.41, 5.74) is 0.706. The molecule has 0 fully saturated rings. The lowest BCUT2D eigenvalue weighted by Crippen LogP contribution is -1.98. The van der Waals surface area contributed by atoms with Crippen LogP contribution in [0.2, 0.25) is 5.02 Å². The van der Waals surface area contributed by atoms with Gasteiger partial charge in [0.2, 0.25) is 0 Å². The van der Waals surface area contributed by atoms with Gasteiger partial charge in [0.25, 0.3) is 0 Å². The summed E-state index contributed by atoms with van der Waals surface area (Å²) in [6.07, 6.45) is 0. The summed E-state index contributed by atoms with van der Waals surface area (Å²) in [6, 6.07) is 7.11. The minimum Gasteiger partial charge on any atom is -0.412 e. The van der Waals surface area contributed by atoms with E-state index in [1.165, 1.54) is 0 Å². The highest BCUT2D eigenvalue weighted by molar-refractivity contribution is 6.36. The van der Waals surface area contributed by atoms with Crippen molar-refractivity contribution in [2.45, 2.75) is 0 Å². The first kappa shape index (κ1) is 12.2. The Morgan fingerprint density at radius 1 is 1.20 bits per heavy atom. The van der Waals surface area contributed by atoms with Crippen molar-refractivity contribution < 1.29 is 11.0 Å². The number of benzene rings is 1. The summed E-state index contributed by atoms with van der Waals surface area (Å²) < 4.78 is 0. The van der Waals surface area contributed by atoms with Crippen molar-refractivity contribution in [3.63, 3.8) is 0 Å². The van der Waals surface area contributed by atoms with E-state index in [2.05, 4.69) is 0 Å². The second-order valence-electron chi connectivity index (χ2n) is 1.56. The average molecular weight is 158 g/mol. The molecule has 2 nitrogen and oxygen atoms in total. The summed E-state index contributed by atoms with van der Waals surface area (Å²) in [7, 11) is 5.37. The minimum absolute atomic E-state index is 0. The first-order valence-electron chi connectivity index (χ1n) is 2.30. The summed E-state index contributed by atoms with van der Waals surface area (Å²) in [5, 5.41) is 0.685. The molecule has 0 saturated carbocycles. The second kappa shape index (κ2) is 5.29. The summed E-state index contributed by atoms with van der Waals surface area (Å²) in [4.78, 5) is 0. The van der Waals surface area contributed by atoms with E-state index in [4.69, 9.17) is 19.4 Å². The van der Waals surface area contributed by atoms with Crippen LogP contribution in [0.25, 0.3) is 0 Å². The number of rotatable bonds is 0. The van der Waals surface area contributed by atoms with Crippen LogP contribution in [0, 0.1) is 0 Å². The zero-order valence-electron chi connectivity index (χ0n) is 5.26. The van der Waals surface area contributed by atoms with E-state index in [0.29, 0.717) is 10.5 Å². The smallest absolute Gasteiger partial charge is 0.113 e. The molecule has 2 radical (unpaired) electrons. The highest BCUT2D eigenvalue weighted by atomic mass is 35.5. The molecule has 0 aliphatic rings. The normalized spacial score (nSPS) is 7.30. The third-order valence-electron chi connectivity index (χ3n) is 0.849. The summed E-state index contributed by atoms with van der Waals surface area (Å²) in [6.45, 7) is 0. The molecular weight excluding hydrogens is 150 g/mol. The molecule has 0 aromatic heterocycles. The van der Waals surface area contributed by atoms with Gasteiger partial charge in [-0.15, -0.1) is 0 Å². The van der Waals surface area contributed by atoms with Gasteiger partial charge in [0, 0.05) is 5.02 Å². The van der Waals surface area contributed by atoms with Crippen LogP contribution in [-0.2, 0) is 0 Å². The Morgan fingerprint density at radius 2 is 1.80 bits per heavy atom. The number of hydrogen-bond acceptors (Lipinski definition) is 0. The van der Waals surface area contributed by atoms with Crippen LogP contribution in [0.4, 0.5) is 0 Å². The van der Waals surface area contributed by atoms with Crippen LogP contribution in [0.15, 0.2) is 24.3 Å². The summed E-state index contributed by atoms with van der Waals surface area (Å²) >= 11 is 5.56. The van der Waals surface area contributed by atoms with Gasteiger partial charge in [-0.25, -0.2) is 0 Å². The van der Waals surface area contributed by atoms with Crippen molar-refractivity contribution in [1.82, 2.24) is 0 Å². The van der Waals surface area contributed by atoms with Crippen molar-refractivity contribution in [2.75, 3.05) is 0 Å². The van der Waals surface area contributed by atoms with Crippen molar-refractivity contribution in [3.8, 4) is 0 Å². The molecule has 1 aromatic carbocycles. The first-order valence-corrected chi connectivity index (χ1v) is 2.68.